The smallest absolute Gasteiger partial charge is 0.307 e. The molecule has 1 amide bonds. The maximum absolute atomic E-state index is 12.5. The van der Waals surface area contributed by atoms with E-state index in [-0.39, 0.29) is 17.7 Å². The largest absolute Gasteiger partial charge is 0.481 e. The molecule has 21 heavy (non-hydrogen) atoms. The fourth-order valence-electron chi connectivity index (χ4n) is 3.63. The van der Waals surface area contributed by atoms with Crippen LogP contribution < -0.4 is 5.32 Å². The Hall–Kier alpha value is -2.17. The van der Waals surface area contributed by atoms with Gasteiger partial charge in [0.15, 0.2) is 0 Å². The predicted octanol–water partition coefficient (Wildman–Crippen LogP) is 2.16. The number of aliphatic carboxylic acids is 1. The summed E-state index contributed by atoms with van der Waals surface area (Å²) in [6, 6.07) is 3.72. The van der Waals surface area contributed by atoms with E-state index in [1.807, 2.05) is 32.1 Å². The molecule has 0 radical (unpaired) electrons. The predicted molar refractivity (Wildman–Crippen MR) is 77.7 cm³/mol. The van der Waals surface area contributed by atoms with Gasteiger partial charge in [-0.1, -0.05) is 12.2 Å². The van der Waals surface area contributed by atoms with Gasteiger partial charge in [-0.25, -0.2) is 4.98 Å². The molecule has 4 atom stereocenters. The number of carboxylic acid groups (broad SMARTS) is 1. The number of carboxylic acids is 1. The molecule has 0 aromatic carbocycles. The van der Waals surface area contributed by atoms with Gasteiger partial charge in [0.1, 0.15) is 5.82 Å². The van der Waals surface area contributed by atoms with Crippen LogP contribution in [0.3, 0.4) is 0 Å². The molecule has 2 aliphatic carbocycles. The maximum atomic E-state index is 12.5. The maximum Gasteiger partial charge on any atom is 0.307 e. The molecule has 2 N–H and O–H groups in total. The van der Waals surface area contributed by atoms with Crippen LogP contribution in [0.25, 0.3) is 0 Å². The number of aromatic nitrogens is 1. The highest BCUT2D eigenvalue weighted by Crippen LogP contribution is 2.48. The minimum atomic E-state index is -0.889. The van der Waals surface area contributed by atoms with Crippen LogP contribution in [-0.4, -0.2) is 22.0 Å². The molecule has 1 aromatic heterocycles. The first-order chi connectivity index (χ1) is 9.95. The van der Waals surface area contributed by atoms with E-state index in [0.29, 0.717) is 5.82 Å². The summed E-state index contributed by atoms with van der Waals surface area (Å²) >= 11 is 0. The topological polar surface area (TPSA) is 79.3 Å². The number of hydrogen-bond acceptors (Lipinski definition) is 3. The number of allylic oxidation sites excluding steroid dienone is 2. The molecule has 0 spiro atoms. The lowest BCUT2D eigenvalue weighted by molar-refractivity contribution is -0.146. The standard InChI is InChI=1S/C16H18N2O3/c1-8-5-9(2)17-12(6-8)18-15(19)13-10-3-4-11(7-10)14(13)16(20)21/h3-6,10-11,13-14H,7H2,1-2H3,(H,20,21)(H,17,18,19)/t10-,11-,13+,14-/m0/s1. The quantitative estimate of drug-likeness (QED) is 0.834. The van der Waals surface area contributed by atoms with Crippen LogP contribution in [0.5, 0.6) is 0 Å². The lowest BCUT2D eigenvalue weighted by atomic mass is 9.82. The zero-order valence-corrected chi connectivity index (χ0v) is 12.0. The van der Waals surface area contributed by atoms with Crippen LogP contribution >= 0.6 is 0 Å². The molecule has 3 rings (SSSR count). The first-order valence-corrected chi connectivity index (χ1v) is 7.13. The number of pyridine rings is 1. The molecule has 2 aliphatic rings. The molecule has 0 unspecified atom stereocenters. The number of aryl methyl sites for hydroxylation is 2. The molecular weight excluding hydrogens is 268 g/mol. The molecule has 2 bridgehead atoms. The van der Waals surface area contributed by atoms with Crippen molar-refractivity contribution in [3.05, 3.63) is 35.5 Å². The summed E-state index contributed by atoms with van der Waals surface area (Å²) in [4.78, 5) is 28.2. The van der Waals surface area contributed by atoms with E-state index in [4.69, 9.17) is 0 Å². The van der Waals surface area contributed by atoms with Crippen molar-refractivity contribution in [2.45, 2.75) is 20.3 Å². The second kappa shape index (κ2) is 4.98. The number of carbonyl (C=O) groups is 2. The number of fused-ring (bicyclic) bond motifs is 2. The van der Waals surface area contributed by atoms with E-state index in [2.05, 4.69) is 10.3 Å². The number of carbonyl (C=O) groups excluding carboxylic acids is 1. The number of amides is 1. The van der Waals surface area contributed by atoms with Crippen LogP contribution in [0, 0.1) is 37.5 Å². The zero-order chi connectivity index (χ0) is 15.1. The number of rotatable bonds is 3. The highest BCUT2D eigenvalue weighted by Gasteiger charge is 2.51. The Morgan fingerprint density at radius 2 is 1.86 bits per heavy atom. The molecule has 0 saturated heterocycles. The molecule has 5 heteroatoms. The third kappa shape index (κ3) is 2.44. The average molecular weight is 286 g/mol. The van der Waals surface area contributed by atoms with Gasteiger partial charge in [-0.3, -0.25) is 9.59 Å². The lowest BCUT2D eigenvalue weighted by Gasteiger charge is -2.23. The van der Waals surface area contributed by atoms with Gasteiger partial charge in [0.25, 0.3) is 0 Å². The Labute approximate surface area is 123 Å². The third-order valence-electron chi connectivity index (χ3n) is 4.40. The van der Waals surface area contributed by atoms with Gasteiger partial charge in [-0.15, -0.1) is 0 Å². The van der Waals surface area contributed by atoms with Crippen LogP contribution in [0.15, 0.2) is 24.3 Å². The van der Waals surface area contributed by atoms with E-state index in [9.17, 15) is 14.7 Å². The van der Waals surface area contributed by atoms with Gasteiger partial charge < -0.3 is 10.4 Å². The Balaban J connectivity index is 1.82. The van der Waals surface area contributed by atoms with Crippen molar-refractivity contribution in [1.82, 2.24) is 4.98 Å². The normalized spacial score (nSPS) is 29.6. The number of hydrogen-bond donors (Lipinski definition) is 2. The summed E-state index contributed by atoms with van der Waals surface area (Å²) in [5.74, 6) is -1.74. The van der Waals surface area contributed by atoms with E-state index < -0.39 is 17.8 Å². The number of anilines is 1. The zero-order valence-electron chi connectivity index (χ0n) is 12.0. The second-order valence-corrected chi connectivity index (χ2v) is 6.00. The van der Waals surface area contributed by atoms with Crippen molar-refractivity contribution in [2.75, 3.05) is 5.32 Å². The summed E-state index contributed by atoms with van der Waals surface area (Å²) in [5, 5.41) is 12.2. The molecule has 5 nitrogen and oxygen atoms in total. The first-order valence-electron chi connectivity index (χ1n) is 7.13. The fraction of sp³-hybridized carbons (Fsp3) is 0.438. The highest BCUT2D eigenvalue weighted by atomic mass is 16.4. The van der Waals surface area contributed by atoms with Crippen LogP contribution in [0.2, 0.25) is 0 Å². The second-order valence-electron chi connectivity index (χ2n) is 6.00. The van der Waals surface area contributed by atoms with Gasteiger partial charge >= 0.3 is 5.97 Å². The van der Waals surface area contributed by atoms with Crippen molar-refractivity contribution in [2.24, 2.45) is 23.7 Å². The SMILES string of the molecule is Cc1cc(C)nc(NC(=O)[C@H]2[C@@H](C(=O)O)[C@H]3C=C[C@H]2C3)c1. The van der Waals surface area contributed by atoms with Gasteiger partial charge in [0, 0.05) is 5.69 Å². The summed E-state index contributed by atoms with van der Waals surface area (Å²) in [5.41, 5.74) is 1.84. The average Bonchev–Trinajstić information content (AvgIpc) is 2.96. The van der Waals surface area contributed by atoms with Gasteiger partial charge in [-0.2, -0.15) is 0 Å². The Kier molecular flexibility index (Phi) is 3.27. The van der Waals surface area contributed by atoms with E-state index in [1.165, 1.54) is 0 Å². The molecule has 1 heterocycles. The highest BCUT2D eigenvalue weighted by molar-refractivity contribution is 5.95. The summed E-state index contributed by atoms with van der Waals surface area (Å²) < 4.78 is 0. The first kappa shape index (κ1) is 13.8. The summed E-state index contributed by atoms with van der Waals surface area (Å²) in [7, 11) is 0. The molecule has 0 aliphatic heterocycles. The fourth-order valence-corrected chi connectivity index (χ4v) is 3.63. The van der Waals surface area contributed by atoms with Crippen LogP contribution in [-0.2, 0) is 9.59 Å². The van der Waals surface area contributed by atoms with Crippen LogP contribution in [0.1, 0.15) is 17.7 Å². The van der Waals surface area contributed by atoms with Crippen molar-refractivity contribution < 1.29 is 14.7 Å². The van der Waals surface area contributed by atoms with Crippen molar-refractivity contribution in [1.29, 1.82) is 0 Å². The summed E-state index contributed by atoms with van der Waals surface area (Å²) in [6.07, 6.45) is 4.67. The molecular formula is C16H18N2O3. The van der Waals surface area contributed by atoms with Crippen molar-refractivity contribution in [3.8, 4) is 0 Å². The van der Waals surface area contributed by atoms with Crippen LogP contribution in [0.4, 0.5) is 5.82 Å². The molecule has 1 aromatic rings. The van der Waals surface area contributed by atoms with Crippen molar-refractivity contribution >= 4 is 17.7 Å². The number of nitrogens with one attached hydrogen (secondary N) is 1. The monoisotopic (exact) mass is 286 g/mol. The Morgan fingerprint density at radius 3 is 2.48 bits per heavy atom. The van der Waals surface area contributed by atoms with Gasteiger partial charge in [0.2, 0.25) is 5.91 Å². The lowest BCUT2D eigenvalue weighted by Crippen LogP contribution is -2.36. The van der Waals surface area contributed by atoms with Crippen molar-refractivity contribution in [3.63, 3.8) is 0 Å². The minimum absolute atomic E-state index is 0.0181. The van der Waals surface area contributed by atoms with E-state index in [0.717, 1.165) is 17.7 Å². The molecule has 1 saturated carbocycles. The van der Waals surface area contributed by atoms with E-state index >= 15 is 0 Å². The molecule has 1 fully saturated rings. The van der Waals surface area contributed by atoms with Gasteiger partial charge in [-0.05, 0) is 49.8 Å². The van der Waals surface area contributed by atoms with E-state index in [1.54, 1.807) is 6.07 Å². The van der Waals surface area contributed by atoms with Gasteiger partial charge in [0.05, 0.1) is 11.8 Å². The summed E-state index contributed by atoms with van der Waals surface area (Å²) in [6.45, 7) is 3.80. The minimum Gasteiger partial charge on any atom is -0.481 e. The third-order valence-corrected chi connectivity index (χ3v) is 4.40. The Morgan fingerprint density at radius 1 is 1.19 bits per heavy atom. The Bertz CT molecular complexity index is 618. The number of nitrogens with zero attached hydrogens (tertiary/aromatic N) is 1. The molecule has 110 valence electrons.